The number of nitrogens with two attached hydrogens (primary N) is 1. The lowest BCUT2D eigenvalue weighted by atomic mass is 10.1. The van der Waals surface area contributed by atoms with Crippen LogP contribution >= 0.6 is 0 Å². The SMILES string of the molecule is CCCc1[nH]nc(C(=O)N(C)Cc2ccccc2O)c1N. The second-order valence-electron chi connectivity index (χ2n) is 5.00. The minimum atomic E-state index is -0.269. The maximum atomic E-state index is 12.4. The van der Waals surface area contributed by atoms with Crippen molar-refractivity contribution in [3.63, 3.8) is 0 Å². The highest BCUT2D eigenvalue weighted by atomic mass is 16.3. The number of aromatic hydroxyl groups is 1. The molecule has 0 saturated carbocycles. The third-order valence-corrected chi connectivity index (χ3v) is 3.33. The highest BCUT2D eigenvalue weighted by Gasteiger charge is 2.21. The summed E-state index contributed by atoms with van der Waals surface area (Å²) in [6, 6.07) is 6.92. The molecule has 4 N–H and O–H groups in total. The lowest BCUT2D eigenvalue weighted by molar-refractivity contribution is 0.0779. The third-order valence-electron chi connectivity index (χ3n) is 3.33. The van der Waals surface area contributed by atoms with E-state index in [9.17, 15) is 9.90 Å². The van der Waals surface area contributed by atoms with E-state index in [1.807, 2.05) is 13.0 Å². The van der Waals surface area contributed by atoms with Crippen LogP contribution in [0.4, 0.5) is 5.69 Å². The van der Waals surface area contributed by atoms with Gasteiger partial charge in [-0.1, -0.05) is 31.5 Å². The number of phenolic OH excluding ortho intramolecular Hbond substituents is 1. The fourth-order valence-electron chi connectivity index (χ4n) is 2.14. The van der Waals surface area contributed by atoms with Gasteiger partial charge in [0.2, 0.25) is 0 Å². The van der Waals surface area contributed by atoms with Crippen LogP contribution in [0, 0.1) is 0 Å². The molecule has 0 aliphatic rings. The lowest BCUT2D eigenvalue weighted by Gasteiger charge is -2.17. The van der Waals surface area contributed by atoms with Gasteiger partial charge >= 0.3 is 0 Å². The van der Waals surface area contributed by atoms with Crippen LogP contribution in [-0.4, -0.2) is 33.2 Å². The zero-order valence-corrected chi connectivity index (χ0v) is 12.3. The average molecular weight is 288 g/mol. The number of carbonyl (C=O) groups is 1. The minimum Gasteiger partial charge on any atom is -0.508 e. The Bertz CT molecular complexity index is 636. The largest absolute Gasteiger partial charge is 0.508 e. The Kier molecular flexibility index (Phi) is 4.47. The third kappa shape index (κ3) is 3.16. The molecule has 2 rings (SSSR count). The summed E-state index contributed by atoms with van der Waals surface area (Å²) in [6.45, 7) is 2.33. The molecule has 0 saturated heterocycles. The van der Waals surface area contributed by atoms with Crippen LogP contribution in [0.1, 0.15) is 35.1 Å². The number of para-hydroxylation sites is 1. The summed E-state index contributed by atoms with van der Waals surface area (Å²) in [4.78, 5) is 13.9. The molecule has 0 radical (unpaired) electrons. The Morgan fingerprint density at radius 1 is 1.43 bits per heavy atom. The molecule has 0 aliphatic heterocycles. The summed E-state index contributed by atoms with van der Waals surface area (Å²) in [5.41, 5.74) is 8.07. The van der Waals surface area contributed by atoms with Gasteiger partial charge in [-0.15, -0.1) is 0 Å². The molecule has 0 aliphatic carbocycles. The van der Waals surface area contributed by atoms with E-state index in [4.69, 9.17) is 5.73 Å². The lowest BCUT2D eigenvalue weighted by Crippen LogP contribution is -2.27. The fraction of sp³-hybridized carbons (Fsp3) is 0.333. The average Bonchev–Trinajstić information content (AvgIpc) is 2.82. The topological polar surface area (TPSA) is 95.2 Å². The molecule has 1 amide bonds. The Balaban J connectivity index is 2.14. The number of hydrogen-bond acceptors (Lipinski definition) is 4. The number of nitrogen functional groups attached to an aromatic ring is 1. The van der Waals surface area contributed by atoms with Crippen molar-refractivity contribution in [3.8, 4) is 5.75 Å². The molecular weight excluding hydrogens is 268 g/mol. The van der Waals surface area contributed by atoms with Crippen LogP contribution in [0.25, 0.3) is 0 Å². The van der Waals surface area contributed by atoms with Gasteiger partial charge in [-0.2, -0.15) is 5.10 Å². The van der Waals surface area contributed by atoms with Crippen LogP contribution in [-0.2, 0) is 13.0 Å². The Morgan fingerprint density at radius 2 is 2.14 bits per heavy atom. The second-order valence-corrected chi connectivity index (χ2v) is 5.00. The molecule has 0 bridgehead atoms. The molecule has 6 heteroatoms. The number of carbonyl (C=O) groups excluding carboxylic acids is 1. The quantitative estimate of drug-likeness (QED) is 0.783. The first-order chi connectivity index (χ1) is 10.0. The van der Waals surface area contributed by atoms with Crippen LogP contribution in [0.3, 0.4) is 0 Å². The zero-order valence-electron chi connectivity index (χ0n) is 12.3. The summed E-state index contributed by atoms with van der Waals surface area (Å²) in [7, 11) is 1.66. The van der Waals surface area contributed by atoms with Gasteiger partial charge in [0.15, 0.2) is 5.69 Å². The van der Waals surface area contributed by atoms with E-state index in [0.29, 0.717) is 17.8 Å². The predicted octanol–water partition coefficient (Wildman–Crippen LogP) is 1.92. The molecule has 0 fully saturated rings. The van der Waals surface area contributed by atoms with E-state index in [2.05, 4.69) is 10.2 Å². The Morgan fingerprint density at radius 3 is 2.81 bits per heavy atom. The number of aromatic amines is 1. The Labute approximate surface area is 123 Å². The molecular formula is C15H20N4O2. The molecule has 2 aromatic rings. The molecule has 0 spiro atoms. The summed E-state index contributed by atoms with van der Waals surface area (Å²) >= 11 is 0. The number of nitrogens with one attached hydrogen (secondary N) is 1. The molecule has 21 heavy (non-hydrogen) atoms. The van der Waals surface area contributed by atoms with Gasteiger partial charge in [-0.3, -0.25) is 9.89 Å². The molecule has 0 atom stereocenters. The van der Waals surface area contributed by atoms with Crippen molar-refractivity contribution in [2.75, 3.05) is 12.8 Å². The fourth-order valence-corrected chi connectivity index (χ4v) is 2.14. The summed E-state index contributed by atoms with van der Waals surface area (Å²) in [6.07, 6.45) is 1.68. The molecule has 1 aromatic heterocycles. The highest BCUT2D eigenvalue weighted by Crippen LogP contribution is 2.20. The number of benzene rings is 1. The minimum absolute atomic E-state index is 0.166. The number of anilines is 1. The van der Waals surface area contributed by atoms with E-state index in [1.165, 1.54) is 4.90 Å². The number of aryl methyl sites for hydroxylation is 1. The van der Waals surface area contributed by atoms with Crippen molar-refractivity contribution >= 4 is 11.6 Å². The van der Waals surface area contributed by atoms with Gasteiger partial charge in [-0.05, 0) is 12.5 Å². The van der Waals surface area contributed by atoms with Gasteiger partial charge in [0, 0.05) is 19.2 Å². The number of hydrogen-bond donors (Lipinski definition) is 3. The highest BCUT2D eigenvalue weighted by molar-refractivity contribution is 5.97. The van der Waals surface area contributed by atoms with Crippen molar-refractivity contribution in [2.45, 2.75) is 26.3 Å². The number of amides is 1. The second kappa shape index (κ2) is 6.30. The number of rotatable bonds is 5. The van der Waals surface area contributed by atoms with E-state index < -0.39 is 0 Å². The Hall–Kier alpha value is -2.50. The van der Waals surface area contributed by atoms with Crippen LogP contribution in [0.2, 0.25) is 0 Å². The first-order valence-corrected chi connectivity index (χ1v) is 6.89. The van der Waals surface area contributed by atoms with Crippen molar-refractivity contribution in [3.05, 3.63) is 41.2 Å². The van der Waals surface area contributed by atoms with E-state index in [0.717, 1.165) is 18.5 Å². The monoisotopic (exact) mass is 288 g/mol. The molecule has 1 heterocycles. The number of phenols is 1. The van der Waals surface area contributed by atoms with E-state index in [1.54, 1.807) is 25.2 Å². The smallest absolute Gasteiger partial charge is 0.276 e. The van der Waals surface area contributed by atoms with Gasteiger partial charge in [0.05, 0.1) is 11.4 Å². The number of H-pyrrole nitrogens is 1. The van der Waals surface area contributed by atoms with Crippen molar-refractivity contribution in [1.82, 2.24) is 15.1 Å². The van der Waals surface area contributed by atoms with Gasteiger partial charge in [0.25, 0.3) is 5.91 Å². The molecule has 0 unspecified atom stereocenters. The van der Waals surface area contributed by atoms with Crippen molar-refractivity contribution in [2.24, 2.45) is 0 Å². The van der Waals surface area contributed by atoms with Crippen LogP contribution in [0.5, 0.6) is 5.75 Å². The normalized spacial score (nSPS) is 10.6. The van der Waals surface area contributed by atoms with E-state index >= 15 is 0 Å². The maximum absolute atomic E-state index is 12.4. The molecule has 6 nitrogen and oxygen atoms in total. The summed E-state index contributed by atoms with van der Waals surface area (Å²) in [5, 5.41) is 16.6. The van der Waals surface area contributed by atoms with Crippen molar-refractivity contribution in [1.29, 1.82) is 0 Å². The summed E-state index contributed by atoms with van der Waals surface area (Å²) in [5.74, 6) is -0.104. The van der Waals surface area contributed by atoms with Gasteiger partial charge in [-0.25, -0.2) is 0 Å². The first-order valence-electron chi connectivity index (χ1n) is 6.89. The standard InChI is InChI=1S/C15H20N4O2/c1-3-6-11-13(16)14(18-17-11)15(21)19(2)9-10-7-4-5-8-12(10)20/h4-5,7-8,20H,3,6,9,16H2,1-2H3,(H,17,18). The zero-order chi connectivity index (χ0) is 15.4. The summed E-state index contributed by atoms with van der Waals surface area (Å²) < 4.78 is 0. The number of aromatic nitrogens is 2. The van der Waals surface area contributed by atoms with Crippen LogP contribution in [0.15, 0.2) is 24.3 Å². The molecule has 112 valence electrons. The van der Waals surface area contributed by atoms with Crippen LogP contribution < -0.4 is 5.73 Å². The first kappa shape index (κ1) is 14.9. The van der Waals surface area contributed by atoms with Crippen molar-refractivity contribution < 1.29 is 9.90 Å². The molecule has 1 aromatic carbocycles. The van der Waals surface area contributed by atoms with E-state index in [-0.39, 0.29) is 17.4 Å². The maximum Gasteiger partial charge on any atom is 0.276 e. The van der Waals surface area contributed by atoms with Gasteiger partial charge in [0.1, 0.15) is 5.75 Å². The predicted molar refractivity (Wildman–Crippen MR) is 80.9 cm³/mol. The van der Waals surface area contributed by atoms with Gasteiger partial charge < -0.3 is 15.7 Å². The number of nitrogens with zero attached hydrogens (tertiary/aromatic N) is 2.